The number of hydrogen-bond donors (Lipinski definition) is 2. The topological polar surface area (TPSA) is 61.8 Å². The Morgan fingerprint density at radius 1 is 1.47 bits per heavy atom. The van der Waals surface area contributed by atoms with Crippen LogP contribution in [0.15, 0.2) is 35.6 Å². The Balaban J connectivity index is 2.12. The van der Waals surface area contributed by atoms with Gasteiger partial charge >= 0.3 is 0 Å². The minimum absolute atomic E-state index is 0.221. The predicted octanol–water partition coefficient (Wildman–Crippen LogP) is 1.22. The molecule has 1 heterocycles. The van der Waals surface area contributed by atoms with Gasteiger partial charge in [-0.3, -0.25) is 0 Å². The molecule has 0 saturated heterocycles. The van der Waals surface area contributed by atoms with Crippen LogP contribution in [0.4, 0.5) is 0 Å². The van der Waals surface area contributed by atoms with Gasteiger partial charge in [0.25, 0.3) is 0 Å². The highest BCUT2D eigenvalue weighted by atomic mass is 16.4. The summed E-state index contributed by atoms with van der Waals surface area (Å²) in [6, 6.07) is 8.19. The van der Waals surface area contributed by atoms with Crippen LogP contribution in [-0.4, -0.2) is 22.5 Å². The van der Waals surface area contributed by atoms with Crippen molar-refractivity contribution in [2.45, 2.75) is 6.54 Å². The molecule has 0 amide bonds. The smallest absolute Gasteiger partial charge is 0.158 e. The summed E-state index contributed by atoms with van der Waals surface area (Å²) in [5, 5.41) is 11.4. The Morgan fingerprint density at radius 2 is 2.27 bits per heavy atom. The van der Waals surface area contributed by atoms with Crippen LogP contribution in [-0.2, 0) is 6.54 Å². The van der Waals surface area contributed by atoms with E-state index in [1.807, 2.05) is 29.3 Å². The van der Waals surface area contributed by atoms with Gasteiger partial charge in [-0.2, -0.15) is 0 Å². The van der Waals surface area contributed by atoms with E-state index in [2.05, 4.69) is 17.3 Å². The Bertz CT molecular complexity index is 412. The molecule has 0 aliphatic carbocycles. The molecule has 1 aliphatic rings. The third kappa shape index (κ3) is 2.10. The maximum atomic E-state index is 8.47. The molecule has 4 nitrogen and oxygen atoms in total. The minimum Gasteiger partial charge on any atom is -0.409 e. The van der Waals surface area contributed by atoms with Gasteiger partial charge in [0.2, 0.25) is 0 Å². The first-order chi connectivity index (χ1) is 7.29. The summed E-state index contributed by atoms with van der Waals surface area (Å²) in [7, 11) is 0. The lowest BCUT2D eigenvalue weighted by Gasteiger charge is -2.24. The van der Waals surface area contributed by atoms with Crippen LogP contribution in [0.3, 0.4) is 0 Å². The SMILES string of the molecule is NC(CN1C=Cc2ccccc2C1)=NO. The zero-order chi connectivity index (χ0) is 10.7. The molecule has 0 unspecified atom stereocenters. The average Bonchev–Trinajstić information content (AvgIpc) is 2.29. The summed E-state index contributed by atoms with van der Waals surface area (Å²) in [4.78, 5) is 2.00. The molecule has 0 radical (unpaired) electrons. The number of hydrogen-bond acceptors (Lipinski definition) is 3. The molecule has 1 aromatic rings. The fourth-order valence-electron chi connectivity index (χ4n) is 1.65. The molecule has 1 aromatic carbocycles. The predicted molar refractivity (Wildman–Crippen MR) is 59.3 cm³/mol. The van der Waals surface area contributed by atoms with Crippen molar-refractivity contribution >= 4 is 11.9 Å². The highest BCUT2D eigenvalue weighted by molar-refractivity contribution is 5.82. The van der Waals surface area contributed by atoms with Crippen LogP contribution in [0.1, 0.15) is 11.1 Å². The summed E-state index contributed by atoms with van der Waals surface area (Å²) in [5.41, 5.74) is 7.93. The van der Waals surface area contributed by atoms with Crippen molar-refractivity contribution in [1.82, 2.24) is 4.90 Å². The van der Waals surface area contributed by atoms with Crippen LogP contribution in [0.5, 0.6) is 0 Å². The molecular weight excluding hydrogens is 190 g/mol. The molecule has 1 aliphatic heterocycles. The van der Waals surface area contributed by atoms with E-state index in [1.54, 1.807) is 0 Å². The third-order valence-corrected chi connectivity index (χ3v) is 2.39. The van der Waals surface area contributed by atoms with Crippen molar-refractivity contribution in [1.29, 1.82) is 0 Å². The van der Waals surface area contributed by atoms with Gasteiger partial charge in [-0.05, 0) is 17.2 Å². The summed E-state index contributed by atoms with van der Waals surface area (Å²) in [6.07, 6.45) is 3.99. The van der Waals surface area contributed by atoms with E-state index in [0.717, 1.165) is 6.54 Å². The molecule has 0 aromatic heterocycles. The maximum absolute atomic E-state index is 8.47. The molecule has 0 spiro atoms. The normalized spacial score (nSPS) is 15.2. The molecular formula is C11H13N3O. The lowest BCUT2D eigenvalue weighted by atomic mass is 10.0. The molecule has 15 heavy (non-hydrogen) atoms. The molecule has 0 saturated carbocycles. The molecule has 0 atom stereocenters. The van der Waals surface area contributed by atoms with Crippen LogP contribution < -0.4 is 5.73 Å². The van der Waals surface area contributed by atoms with E-state index in [0.29, 0.717) is 6.54 Å². The fraction of sp³-hybridized carbons (Fsp3) is 0.182. The fourth-order valence-corrected chi connectivity index (χ4v) is 1.65. The van der Waals surface area contributed by atoms with Gasteiger partial charge in [-0.25, -0.2) is 0 Å². The van der Waals surface area contributed by atoms with Gasteiger partial charge in [0.15, 0.2) is 5.84 Å². The molecule has 0 bridgehead atoms. The minimum atomic E-state index is 0.221. The van der Waals surface area contributed by atoms with E-state index in [1.165, 1.54) is 11.1 Å². The Hall–Kier alpha value is -1.97. The highest BCUT2D eigenvalue weighted by Gasteiger charge is 2.10. The first-order valence-electron chi connectivity index (χ1n) is 4.76. The van der Waals surface area contributed by atoms with E-state index in [9.17, 15) is 0 Å². The van der Waals surface area contributed by atoms with E-state index >= 15 is 0 Å². The molecule has 0 fully saturated rings. The zero-order valence-corrected chi connectivity index (χ0v) is 8.30. The number of oxime groups is 1. The first kappa shape index (κ1) is 9.58. The van der Waals surface area contributed by atoms with E-state index < -0.39 is 0 Å². The van der Waals surface area contributed by atoms with E-state index in [4.69, 9.17) is 10.9 Å². The average molecular weight is 203 g/mol. The van der Waals surface area contributed by atoms with Crippen LogP contribution in [0.25, 0.3) is 6.08 Å². The van der Waals surface area contributed by atoms with Crippen molar-refractivity contribution in [3.8, 4) is 0 Å². The standard InChI is InChI=1S/C11H13N3O/c12-11(13-15)8-14-6-5-9-3-1-2-4-10(9)7-14/h1-6,15H,7-8H2,(H2,12,13). The van der Waals surface area contributed by atoms with Gasteiger partial charge in [-0.1, -0.05) is 29.4 Å². The van der Waals surface area contributed by atoms with E-state index in [-0.39, 0.29) is 5.84 Å². The summed E-state index contributed by atoms with van der Waals surface area (Å²) in [6.45, 7) is 1.24. The molecule has 4 heteroatoms. The quantitative estimate of drug-likeness (QED) is 0.329. The van der Waals surface area contributed by atoms with Crippen molar-refractivity contribution in [3.63, 3.8) is 0 Å². The maximum Gasteiger partial charge on any atom is 0.158 e. The Labute approximate surface area is 88.3 Å². The van der Waals surface area contributed by atoms with Crippen molar-refractivity contribution < 1.29 is 5.21 Å². The number of rotatable bonds is 2. The second-order valence-electron chi connectivity index (χ2n) is 3.51. The molecule has 78 valence electrons. The van der Waals surface area contributed by atoms with Crippen LogP contribution >= 0.6 is 0 Å². The van der Waals surface area contributed by atoms with Gasteiger partial charge < -0.3 is 15.8 Å². The van der Waals surface area contributed by atoms with Crippen molar-refractivity contribution in [2.24, 2.45) is 10.9 Å². The molecule has 3 N–H and O–H groups in total. The van der Waals surface area contributed by atoms with Crippen LogP contribution in [0, 0.1) is 0 Å². The lowest BCUT2D eigenvalue weighted by Crippen LogP contribution is -2.31. The highest BCUT2D eigenvalue weighted by Crippen LogP contribution is 2.18. The Kier molecular flexibility index (Phi) is 2.58. The monoisotopic (exact) mass is 203 g/mol. The third-order valence-electron chi connectivity index (χ3n) is 2.39. The van der Waals surface area contributed by atoms with Gasteiger partial charge in [-0.15, -0.1) is 0 Å². The first-order valence-corrected chi connectivity index (χ1v) is 4.76. The lowest BCUT2D eigenvalue weighted by molar-refractivity contribution is 0.312. The summed E-state index contributed by atoms with van der Waals surface area (Å²) >= 11 is 0. The van der Waals surface area contributed by atoms with Crippen molar-refractivity contribution in [2.75, 3.05) is 6.54 Å². The number of nitrogens with zero attached hydrogens (tertiary/aromatic N) is 2. The second-order valence-corrected chi connectivity index (χ2v) is 3.51. The van der Waals surface area contributed by atoms with Gasteiger partial charge in [0.1, 0.15) is 0 Å². The largest absolute Gasteiger partial charge is 0.409 e. The van der Waals surface area contributed by atoms with Crippen molar-refractivity contribution in [3.05, 3.63) is 41.6 Å². The summed E-state index contributed by atoms with van der Waals surface area (Å²) < 4.78 is 0. The molecule has 2 rings (SSSR count). The van der Waals surface area contributed by atoms with Crippen LogP contribution in [0.2, 0.25) is 0 Å². The Morgan fingerprint density at radius 3 is 3.07 bits per heavy atom. The van der Waals surface area contributed by atoms with Gasteiger partial charge in [0, 0.05) is 12.7 Å². The number of benzene rings is 1. The number of nitrogens with two attached hydrogens (primary N) is 1. The number of fused-ring (bicyclic) bond motifs is 1. The number of amidine groups is 1. The van der Waals surface area contributed by atoms with Gasteiger partial charge in [0.05, 0.1) is 6.54 Å². The summed E-state index contributed by atoms with van der Waals surface area (Å²) in [5.74, 6) is 0.221. The zero-order valence-electron chi connectivity index (χ0n) is 8.30. The second kappa shape index (κ2) is 4.04.